The molecule has 0 aliphatic carbocycles. The number of halogens is 4. The van der Waals surface area contributed by atoms with E-state index in [0.29, 0.717) is 25.4 Å². The van der Waals surface area contributed by atoms with Crippen molar-refractivity contribution in [3.8, 4) is 5.75 Å². The topological polar surface area (TPSA) is 103 Å². The first-order valence-corrected chi connectivity index (χ1v) is 10.8. The third kappa shape index (κ3) is 8.08. The summed E-state index contributed by atoms with van der Waals surface area (Å²) in [6.07, 6.45) is -2.51. The number of nitrogens with one attached hydrogen (secondary N) is 1. The number of hydrogen-bond donors (Lipinski definition) is 2. The van der Waals surface area contributed by atoms with Crippen molar-refractivity contribution in [2.24, 2.45) is 0 Å². The van der Waals surface area contributed by atoms with Gasteiger partial charge in [-0.1, -0.05) is 30.3 Å². The van der Waals surface area contributed by atoms with Gasteiger partial charge in [-0.3, -0.25) is 9.48 Å². The molecule has 8 nitrogen and oxygen atoms in total. The molecule has 0 spiro atoms. The maximum absolute atomic E-state index is 12.9. The normalized spacial score (nSPS) is 14.7. The van der Waals surface area contributed by atoms with E-state index in [1.165, 1.54) is 29.8 Å². The van der Waals surface area contributed by atoms with Crippen molar-refractivity contribution in [3.05, 3.63) is 83.4 Å². The van der Waals surface area contributed by atoms with Crippen LogP contribution in [0, 0.1) is 5.82 Å². The zero-order chi connectivity index (χ0) is 26.1. The van der Waals surface area contributed by atoms with Gasteiger partial charge in [-0.2, -0.15) is 18.3 Å². The number of alkyl halides is 3. The molecule has 12 heteroatoms. The molecule has 1 amide bonds. The van der Waals surface area contributed by atoms with Crippen LogP contribution in [0.5, 0.6) is 5.75 Å². The smallest absolute Gasteiger partial charge is 0.484 e. The number of carbonyl (C=O) groups excluding carboxylic acids is 1. The number of carboxylic acid groups (broad SMARTS) is 1. The van der Waals surface area contributed by atoms with E-state index in [9.17, 15) is 22.4 Å². The third-order valence-corrected chi connectivity index (χ3v) is 4.96. The summed E-state index contributed by atoms with van der Waals surface area (Å²) in [4.78, 5) is 21.0. The summed E-state index contributed by atoms with van der Waals surface area (Å²) < 4.78 is 57.7. The van der Waals surface area contributed by atoms with Crippen molar-refractivity contribution in [1.29, 1.82) is 0 Å². The number of carbonyl (C=O) groups is 2. The molecule has 3 aromatic rings. The van der Waals surface area contributed by atoms with Crippen LogP contribution in [0.3, 0.4) is 0 Å². The van der Waals surface area contributed by atoms with Crippen molar-refractivity contribution in [1.82, 2.24) is 15.1 Å². The quantitative estimate of drug-likeness (QED) is 0.473. The Balaban J connectivity index is 0.000000454. The lowest BCUT2D eigenvalue weighted by atomic mass is 10.1. The van der Waals surface area contributed by atoms with Crippen LogP contribution in [-0.4, -0.2) is 52.7 Å². The van der Waals surface area contributed by atoms with Gasteiger partial charge in [0.05, 0.1) is 18.8 Å². The minimum Gasteiger partial charge on any atom is -0.484 e. The molecule has 1 atom stereocenters. The van der Waals surface area contributed by atoms with E-state index in [2.05, 4.69) is 28.7 Å². The van der Waals surface area contributed by atoms with E-state index in [1.54, 1.807) is 0 Å². The average molecular weight is 509 g/mol. The van der Waals surface area contributed by atoms with E-state index >= 15 is 0 Å². The Kier molecular flexibility index (Phi) is 9.01. The fourth-order valence-electron chi connectivity index (χ4n) is 3.28. The lowest BCUT2D eigenvalue weighted by Crippen LogP contribution is -2.34. The molecule has 1 aliphatic heterocycles. The van der Waals surface area contributed by atoms with Crippen LogP contribution in [0.25, 0.3) is 0 Å². The van der Waals surface area contributed by atoms with Crippen LogP contribution in [0.2, 0.25) is 0 Å². The molecular formula is C24H23F4N3O5. The number of aromatic nitrogens is 2. The number of aliphatic carboxylic acids is 1. The zero-order valence-corrected chi connectivity index (χ0v) is 18.9. The minimum atomic E-state index is -5.08. The van der Waals surface area contributed by atoms with E-state index in [4.69, 9.17) is 19.4 Å². The molecule has 1 aliphatic rings. The second-order valence-electron chi connectivity index (χ2n) is 7.68. The van der Waals surface area contributed by atoms with E-state index in [1.807, 2.05) is 22.9 Å². The van der Waals surface area contributed by atoms with E-state index in [0.717, 1.165) is 17.7 Å². The molecule has 1 unspecified atom stereocenters. The summed E-state index contributed by atoms with van der Waals surface area (Å²) in [5.41, 5.74) is 3.19. The lowest BCUT2D eigenvalue weighted by Gasteiger charge is -2.22. The Morgan fingerprint density at radius 3 is 2.44 bits per heavy atom. The highest BCUT2D eigenvalue weighted by atomic mass is 19.4. The van der Waals surface area contributed by atoms with Crippen molar-refractivity contribution < 1.29 is 41.7 Å². The summed E-state index contributed by atoms with van der Waals surface area (Å²) in [7, 11) is 0. The van der Waals surface area contributed by atoms with Gasteiger partial charge in [-0.15, -0.1) is 0 Å². The molecule has 4 rings (SSSR count). The van der Waals surface area contributed by atoms with Gasteiger partial charge < -0.3 is 19.9 Å². The first-order valence-electron chi connectivity index (χ1n) is 10.8. The fourth-order valence-corrected chi connectivity index (χ4v) is 3.28. The van der Waals surface area contributed by atoms with Crippen molar-refractivity contribution in [3.63, 3.8) is 0 Å². The monoisotopic (exact) mass is 509 g/mol. The average Bonchev–Trinajstić information content (AvgIpc) is 3.26. The van der Waals surface area contributed by atoms with Crippen LogP contribution in [0.15, 0.2) is 60.8 Å². The maximum atomic E-state index is 12.9. The van der Waals surface area contributed by atoms with Crippen LogP contribution in [-0.2, 0) is 27.3 Å². The van der Waals surface area contributed by atoms with Crippen molar-refractivity contribution in [2.45, 2.75) is 25.2 Å². The maximum Gasteiger partial charge on any atom is 0.490 e. The summed E-state index contributed by atoms with van der Waals surface area (Å²) in [6.45, 7) is 1.46. The first-order chi connectivity index (χ1) is 17.1. The number of benzene rings is 2. The van der Waals surface area contributed by atoms with Crippen molar-refractivity contribution in [2.75, 3.05) is 19.8 Å². The molecule has 0 radical (unpaired) electrons. The van der Waals surface area contributed by atoms with Gasteiger partial charge in [0.15, 0.2) is 6.61 Å². The van der Waals surface area contributed by atoms with Crippen molar-refractivity contribution >= 4 is 11.9 Å². The SMILES string of the molecule is O=C(COc1ccc(F)cc1)NCC1OCCc2cn(Cc3ccccc3)nc21.O=C(O)C(F)(F)F. The Hall–Kier alpha value is -3.93. The van der Waals surface area contributed by atoms with Gasteiger partial charge in [0.2, 0.25) is 0 Å². The predicted molar refractivity (Wildman–Crippen MR) is 119 cm³/mol. The van der Waals surface area contributed by atoms with Gasteiger partial charge >= 0.3 is 12.1 Å². The highest BCUT2D eigenvalue weighted by Gasteiger charge is 2.38. The fraction of sp³-hybridized carbons (Fsp3) is 0.292. The highest BCUT2D eigenvalue weighted by Crippen LogP contribution is 2.25. The standard InChI is InChI=1S/C22H22FN3O3.C2HF3O2/c23-18-6-8-19(9-7-18)29-15-21(27)24-12-20-22-17(10-11-28-20)14-26(25-22)13-16-4-2-1-3-5-16;3-2(4,5)1(6)7/h1-9,14,20H,10-13,15H2,(H,24,27);(H,6,7). The number of nitrogens with zero attached hydrogens (tertiary/aromatic N) is 2. The van der Waals surface area contributed by atoms with E-state index < -0.39 is 12.1 Å². The van der Waals surface area contributed by atoms with Gasteiger partial charge in [0.1, 0.15) is 17.7 Å². The Morgan fingerprint density at radius 2 is 1.81 bits per heavy atom. The summed E-state index contributed by atoms with van der Waals surface area (Å²) in [6, 6.07) is 15.7. The number of amides is 1. The van der Waals surface area contributed by atoms with Gasteiger partial charge in [-0.25, -0.2) is 9.18 Å². The largest absolute Gasteiger partial charge is 0.490 e. The minimum absolute atomic E-state index is 0.145. The van der Waals surface area contributed by atoms with E-state index in [-0.39, 0.29) is 24.4 Å². The number of ether oxygens (including phenoxy) is 2. The Morgan fingerprint density at radius 1 is 1.14 bits per heavy atom. The Labute approximate surface area is 203 Å². The highest BCUT2D eigenvalue weighted by molar-refractivity contribution is 5.77. The van der Waals surface area contributed by atoms with Gasteiger partial charge in [-0.05, 0) is 41.8 Å². The predicted octanol–water partition coefficient (Wildman–Crippen LogP) is 3.51. The van der Waals surface area contributed by atoms with Crippen LogP contribution in [0.1, 0.15) is 22.9 Å². The second-order valence-corrected chi connectivity index (χ2v) is 7.68. The Bertz CT molecular complexity index is 1150. The van der Waals surface area contributed by atoms with Gasteiger partial charge in [0, 0.05) is 12.7 Å². The molecule has 2 heterocycles. The second kappa shape index (κ2) is 12.2. The number of fused-ring (bicyclic) bond motifs is 1. The molecule has 1 aromatic heterocycles. The lowest BCUT2D eigenvalue weighted by molar-refractivity contribution is -0.192. The molecule has 2 N–H and O–H groups in total. The van der Waals surface area contributed by atoms with Crippen LogP contribution < -0.4 is 10.1 Å². The molecule has 36 heavy (non-hydrogen) atoms. The van der Waals surface area contributed by atoms with Gasteiger partial charge in [0.25, 0.3) is 5.91 Å². The molecule has 0 bridgehead atoms. The summed E-state index contributed by atoms with van der Waals surface area (Å²) in [5.74, 6) is -2.93. The molecule has 192 valence electrons. The summed E-state index contributed by atoms with van der Waals surface area (Å²) in [5, 5.41) is 14.6. The zero-order valence-electron chi connectivity index (χ0n) is 18.9. The molecule has 0 saturated heterocycles. The molecule has 0 saturated carbocycles. The molecular weight excluding hydrogens is 486 g/mol. The number of hydrogen-bond acceptors (Lipinski definition) is 5. The molecule has 0 fully saturated rings. The molecule has 2 aromatic carbocycles. The van der Waals surface area contributed by atoms with Crippen LogP contribution >= 0.6 is 0 Å². The summed E-state index contributed by atoms with van der Waals surface area (Å²) >= 11 is 0. The third-order valence-electron chi connectivity index (χ3n) is 4.96. The first kappa shape index (κ1) is 26.7. The van der Waals surface area contributed by atoms with Crippen LogP contribution in [0.4, 0.5) is 17.6 Å². The number of rotatable bonds is 7. The number of carboxylic acids is 1.